The van der Waals surface area contributed by atoms with Crippen molar-refractivity contribution < 1.29 is 22.7 Å². The van der Waals surface area contributed by atoms with Crippen molar-refractivity contribution in [2.45, 2.75) is 22.6 Å². The average molecular weight is 349 g/mol. The van der Waals surface area contributed by atoms with Crippen molar-refractivity contribution >= 4 is 27.3 Å². The van der Waals surface area contributed by atoms with Crippen LogP contribution in [0.1, 0.15) is 23.3 Å². The number of rotatable bonds is 7. The number of ether oxygens (including phenoxy) is 2. The molecule has 0 bridgehead atoms. The Morgan fingerprint density at radius 2 is 2.32 bits per heavy atom. The van der Waals surface area contributed by atoms with Crippen LogP contribution in [0.25, 0.3) is 0 Å². The molecule has 1 aliphatic heterocycles. The topological polar surface area (TPSA) is 107 Å². The third-order valence-corrected chi connectivity index (χ3v) is 6.28. The van der Waals surface area contributed by atoms with Gasteiger partial charge in [0.05, 0.1) is 24.8 Å². The predicted molar refractivity (Wildman–Crippen MR) is 80.5 cm³/mol. The zero-order chi connectivity index (χ0) is 16.2. The number of hydrogen-bond acceptors (Lipinski definition) is 8. The Balaban J connectivity index is 2.15. The van der Waals surface area contributed by atoms with E-state index in [-0.39, 0.29) is 16.4 Å². The smallest absolute Gasteiger partial charge is 0.358 e. The van der Waals surface area contributed by atoms with Gasteiger partial charge in [-0.1, -0.05) is 0 Å². The summed E-state index contributed by atoms with van der Waals surface area (Å²) >= 11 is 0.881. The van der Waals surface area contributed by atoms with Crippen molar-refractivity contribution in [1.29, 1.82) is 0 Å². The van der Waals surface area contributed by atoms with Gasteiger partial charge >= 0.3 is 5.97 Å². The Morgan fingerprint density at radius 3 is 2.91 bits per heavy atom. The maximum absolute atomic E-state index is 12.4. The second-order valence-corrected chi connectivity index (χ2v) is 7.87. The van der Waals surface area contributed by atoms with Gasteiger partial charge in [0.15, 0.2) is 9.90 Å². The first-order valence-electron chi connectivity index (χ1n) is 6.69. The van der Waals surface area contributed by atoms with Gasteiger partial charge in [-0.15, -0.1) is 11.3 Å². The molecule has 2 heterocycles. The van der Waals surface area contributed by atoms with Gasteiger partial charge in [0.1, 0.15) is 0 Å². The van der Waals surface area contributed by atoms with Crippen molar-refractivity contribution in [2.75, 3.05) is 33.9 Å². The van der Waals surface area contributed by atoms with Crippen molar-refractivity contribution in [3.05, 3.63) is 11.2 Å². The zero-order valence-electron chi connectivity index (χ0n) is 12.4. The lowest BCUT2D eigenvalue weighted by Crippen LogP contribution is -2.52. The second-order valence-electron chi connectivity index (χ2n) is 5.05. The molecule has 1 atom stereocenters. The highest BCUT2D eigenvalue weighted by molar-refractivity contribution is 7.91. The Labute approximate surface area is 133 Å². The van der Waals surface area contributed by atoms with Crippen LogP contribution in [0.3, 0.4) is 0 Å². The monoisotopic (exact) mass is 349 g/mol. The van der Waals surface area contributed by atoms with Gasteiger partial charge in [0.25, 0.3) is 10.0 Å². The Hall–Kier alpha value is -1.07. The van der Waals surface area contributed by atoms with E-state index in [1.807, 2.05) is 0 Å². The van der Waals surface area contributed by atoms with Crippen LogP contribution in [-0.4, -0.2) is 58.8 Å². The number of sulfonamides is 1. The van der Waals surface area contributed by atoms with Gasteiger partial charge in [-0.05, 0) is 19.4 Å². The summed E-state index contributed by atoms with van der Waals surface area (Å²) in [4.78, 5) is 15.3. The normalized spacial score (nSPS) is 21.9. The number of hydrogen-bond donors (Lipinski definition) is 2. The van der Waals surface area contributed by atoms with Gasteiger partial charge < -0.3 is 14.8 Å². The molecule has 1 aromatic heterocycles. The summed E-state index contributed by atoms with van der Waals surface area (Å²) in [5.74, 6) is -0.771. The number of esters is 1. The summed E-state index contributed by atoms with van der Waals surface area (Å²) in [7, 11) is -1.08. The molecule has 0 aliphatic carbocycles. The molecule has 0 saturated carbocycles. The molecule has 1 aromatic rings. The van der Waals surface area contributed by atoms with Gasteiger partial charge in [0, 0.05) is 13.7 Å². The van der Waals surface area contributed by atoms with Crippen LogP contribution in [0.15, 0.2) is 9.72 Å². The molecule has 0 spiro atoms. The zero-order valence-corrected chi connectivity index (χ0v) is 14.1. The lowest BCUT2D eigenvalue weighted by atomic mass is 9.99. The molecular weight excluding hydrogens is 330 g/mol. The number of carbonyl (C=O) groups is 1. The predicted octanol–water partition coefficient (Wildman–Crippen LogP) is -0.0234. The fourth-order valence-electron chi connectivity index (χ4n) is 2.43. The molecule has 2 rings (SSSR count). The van der Waals surface area contributed by atoms with Gasteiger partial charge in [-0.25, -0.2) is 22.9 Å². The molecule has 0 aromatic carbocycles. The van der Waals surface area contributed by atoms with Crippen LogP contribution in [0, 0.1) is 0 Å². The van der Waals surface area contributed by atoms with Crippen LogP contribution >= 0.6 is 11.3 Å². The van der Waals surface area contributed by atoms with Crippen molar-refractivity contribution in [3.8, 4) is 0 Å². The van der Waals surface area contributed by atoms with E-state index in [4.69, 9.17) is 4.74 Å². The van der Waals surface area contributed by atoms with Crippen LogP contribution in [-0.2, 0) is 19.5 Å². The number of carbonyl (C=O) groups excluding carboxylic acids is 1. The summed E-state index contributed by atoms with van der Waals surface area (Å²) < 4.78 is 37.0. The fourth-order valence-corrected chi connectivity index (χ4v) is 4.73. The van der Waals surface area contributed by atoms with E-state index in [9.17, 15) is 13.2 Å². The molecule has 8 nitrogen and oxygen atoms in total. The summed E-state index contributed by atoms with van der Waals surface area (Å²) in [6, 6.07) is 0. The minimum Gasteiger partial charge on any atom is -0.464 e. The van der Waals surface area contributed by atoms with Crippen molar-refractivity contribution in [2.24, 2.45) is 0 Å². The van der Waals surface area contributed by atoms with Crippen LogP contribution in [0.2, 0.25) is 0 Å². The number of nitrogens with one attached hydrogen (secondary N) is 2. The van der Waals surface area contributed by atoms with Gasteiger partial charge in [0.2, 0.25) is 0 Å². The van der Waals surface area contributed by atoms with E-state index in [1.54, 1.807) is 7.11 Å². The highest BCUT2D eigenvalue weighted by Gasteiger charge is 2.36. The Bertz CT molecular complexity index is 622. The van der Waals surface area contributed by atoms with E-state index in [2.05, 4.69) is 19.8 Å². The SMILES string of the molecule is COCC1(CNS(=O)(=O)c2scnc2C(=O)OC)CCCN1. The van der Waals surface area contributed by atoms with E-state index >= 15 is 0 Å². The number of thiazole rings is 1. The molecule has 1 saturated heterocycles. The average Bonchev–Trinajstić information content (AvgIpc) is 3.15. The number of aromatic nitrogens is 1. The molecule has 0 radical (unpaired) electrons. The first kappa shape index (κ1) is 17.3. The van der Waals surface area contributed by atoms with Gasteiger partial charge in [-0.2, -0.15) is 0 Å². The third kappa shape index (κ3) is 3.63. The Kier molecular flexibility index (Phi) is 5.50. The van der Waals surface area contributed by atoms with Crippen molar-refractivity contribution in [1.82, 2.24) is 15.0 Å². The molecule has 1 aliphatic rings. The lowest BCUT2D eigenvalue weighted by Gasteiger charge is -2.28. The molecule has 1 unspecified atom stereocenters. The number of methoxy groups -OCH3 is 2. The molecule has 1 fully saturated rings. The molecular formula is C12H19N3O5S2. The molecule has 2 N–H and O–H groups in total. The first-order chi connectivity index (χ1) is 10.4. The molecule has 10 heteroatoms. The summed E-state index contributed by atoms with van der Waals surface area (Å²) in [5, 5.41) is 3.28. The van der Waals surface area contributed by atoms with E-state index in [0.29, 0.717) is 6.61 Å². The minimum atomic E-state index is -3.84. The van der Waals surface area contributed by atoms with Crippen LogP contribution in [0.4, 0.5) is 0 Å². The maximum atomic E-state index is 12.4. The summed E-state index contributed by atoms with van der Waals surface area (Å²) in [6.45, 7) is 1.41. The van der Waals surface area contributed by atoms with Gasteiger partial charge in [-0.3, -0.25) is 0 Å². The van der Waals surface area contributed by atoms with E-state index in [0.717, 1.165) is 30.7 Å². The quantitative estimate of drug-likeness (QED) is 0.666. The maximum Gasteiger partial charge on any atom is 0.358 e. The molecule has 22 heavy (non-hydrogen) atoms. The van der Waals surface area contributed by atoms with E-state index in [1.165, 1.54) is 12.6 Å². The van der Waals surface area contributed by atoms with E-state index < -0.39 is 21.5 Å². The summed E-state index contributed by atoms with van der Waals surface area (Å²) in [6.07, 6.45) is 1.77. The molecule has 0 amide bonds. The van der Waals surface area contributed by atoms with Crippen LogP contribution in [0.5, 0.6) is 0 Å². The molecule has 124 valence electrons. The van der Waals surface area contributed by atoms with Crippen LogP contribution < -0.4 is 10.0 Å². The number of nitrogens with zero attached hydrogens (tertiary/aromatic N) is 1. The standard InChI is InChI=1S/C12H19N3O5S2/c1-19-7-12(4-3-5-14-12)6-15-22(17,18)11-9(10(16)20-2)13-8-21-11/h8,14-15H,3-7H2,1-2H3. The highest BCUT2D eigenvalue weighted by Crippen LogP contribution is 2.23. The minimum absolute atomic E-state index is 0.134. The fraction of sp³-hybridized carbons (Fsp3) is 0.667. The second kappa shape index (κ2) is 7.01. The largest absolute Gasteiger partial charge is 0.464 e. The summed E-state index contributed by atoms with van der Waals surface area (Å²) in [5.41, 5.74) is 0.692. The highest BCUT2D eigenvalue weighted by atomic mass is 32.2. The van der Waals surface area contributed by atoms with Crippen molar-refractivity contribution in [3.63, 3.8) is 0 Å². The Morgan fingerprint density at radius 1 is 1.55 bits per heavy atom. The lowest BCUT2D eigenvalue weighted by molar-refractivity contribution is 0.0590. The third-order valence-electron chi connectivity index (χ3n) is 3.51. The first-order valence-corrected chi connectivity index (χ1v) is 9.06.